The molecule has 0 bridgehead atoms. The van der Waals surface area contributed by atoms with Crippen molar-refractivity contribution in [2.45, 2.75) is 45.6 Å². The SMILES string of the molecule is CC1(C)CCCC(NCCOc2ccccc2C(=O)O)C1. The normalized spacial score (nSPS) is 21.0. The van der Waals surface area contributed by atoms with Crippen molar-refractivity contribution >= 4 is 5.97 Å². The lowest BCUT2D eigenvalue weighted by atomic mass is 9.75. The van der Waals surface area contributed by atoms with E-state index in [-0.39, 0.29) is 5.56 Å². The van der Waals surface area contributed by atoms with E-state index in [0.717, 1.165) is 6.54 Å². The van der Waals surface area contributed by atoms with E-state index in [1.165, 1.54) is 25.7 Å². The molecule has 0 radical (unpaired) electrons. The maximum Gasteiger partial charge on any atom is 0.339 e. The van der Waals surface area contributed by atoms with E-state index < -0.39 is 5.97 Å². The Morgan fingerprint density at radius 1 is 1.43 bits per heavy atom. The molecule has 2 N–H and O–H groups in total. The minimum Gasteiger partial charge on any atom is -0.491 e. The summed E-state index contributed by atoms with van der Waals surface area (Å²) in [6.07, 6.45) is 4.98. The largest absolute Gasteiger partial charge is 0.491 e. The minimum atomic E-state index is -0.951. The number of ether oxygens (including phenoxy) is 1. The number of aromatic carboxylic acids is 1. The summed E-state index contributed by atoms with van der Waals surface area (Å²) in [4.78, 5) is 11.1. The molecule has 1 unspecified atom stereocenters. The lowest BCUT2D eigenvalue weighted by Gasteiger charge is -2.35. The van der Waals surface area contributed by atoms with Gasteiger partial charge in [0.25, 0.3) is 0 Å². The summed E-state index contributed by atoms with van der Waals surface area (Å²) >= 11 is 0. The second-order valence-corrected chi connectivity index (χ2v) is 6.56. The third kappa shape index (κ3) is 4.74. The van der Waals surface area contributed by atoms with Gasteiger partial charge in [-0.15, -0.1) is 0 Å². The molecule has 4 nitrogen and oxygen atoms in total. The van der Waals surface area contributed by atoms with Gasteiger partial charge in [-0.05, 0) is 36.8 Å². The van der Waals surface area contributed by atoms with Crippen molar-refractivity contribution in [2.75, 3.05) is 13.2 Å². The first-order valence-corrected chi connectivity index (χ1v) is 7.66. The lowest BCUT2D eigenvalue weighted by molar-refractivity contribution is 0.0692. The summed E-state index contributed by atoms with van der Waals surface area (Å²) in [6.45, 7) is 5.87. The van der Waals surface area contributed by atoms with Crippen molar-refractivity contribution < 1.29 is 14.6 Å². The molecule has 116 valence electrons. The van der Waals surface area contributed by atoms with Crippen LogP contribution in [0.3, 0.4) is 0 Å². The van der Waals surface area contributed by atoms with Gasteiger partial charge < -0.3 is 15.2 Å². The molecule has 1 aliphatic carbocycles. The van der Waals surface area contributed by atoms with Crippen LogP contribution in [0.5, 0.6) is 5.75 Å². The van der Waals surface area contributed by atoms with Crippen LogP contribution in [0.4, 0.5) is 0 Å². The highest BCUT2D eigenvalue weighted by atomic mass is 16.5. The number of carboxylic acid groups (broad SMARTS) is 1. The highest BCUT2D eigenvalue weighted by Gasteiger charge is 2.27. The van der Waals surface area contributed by atoms with Crippen molar-refractivity contribution in [3.05, 3.63) is 29.8 Å². The van der Waals surface area contributed by atoms with Crippen LogP contribution in [0.2, 0.25) is 0 Å². The fourth-order valence-corrected chi connectivity index (χ4v) is 3.07. The first-order chi connectivity index (χ1) is 9.98. The summed E-state index contributed by atoms with van der Waals surface area (Å²) in [5, 5.41) is 12.6. The summed E-state index contributed by atoms with van der Waals surface area (Å²) in [6, 6.07) is 7.31. The maximum atomic E-state index is 11.1. The summed E-state index contributed by atoms with van der Waals surface area (Å²) in [5.41, 5.74) is 0.642. The fourth-order valence-electron chi connectivity index (χ4n) is 3.07. The molecular formula is C17H25NO3. The Morgan fingerprint density at radius 3 is 2.90 bits per heavy atom. The zero-order valence-electron chi connectivity index (χ0n) is 12.9. The van der Waals surface area contributed by atoms with Crippen molar-refractivity contribution in [3.8, 4) is 5.75 Å². The van der Waals surface area contributed by atoms with E-state index in [0.29, 0.717) is 23.8 Å². The van der Waals surface area contributed by atoms with Gasteiger partial charge in [-0.1, -0.05) is 32.4 Å². The second-order valence-electron chi connectivity index (χ2n) is 6.56. The third-order valence-electron chi connectivity index (χ3n) is 4.12. The molecule has 0 aliphatic heterocycles. The molecule has 1 fully saturated rings. The summed E-state index contributed by atoms with van der Waals surface area (Å²) in [7, 11) is 0. The zero-order chi connectivity index (χ0) is 15.3. The Labute approximate surface area is 126 Å². The monoisotopic (exact) mass is 291 g/mol. The van der Waals surface area contributed by atoms with E-state index >= 15 is 0 Å². The number of carbonyl (C=O) groups is 1. The number of benzene rings is 1. The molecule has 0 saturated heterocycles. The van der Waals surface area contributed by atoms with Crippen LogP contribution in [0.15, 0.2) is 24.3 Å². The molecular weight excluding hydrogens is 266 g/mol. The molecule has 1 saturated carbocycles. The predicted molar refractivity (Wildman–Crippen MR) is 82.9 cm³/mol. The molecule has 1 aromatic carbocycles. The van der Waals surface area contributed by atoms with Gasteiger partial charge in [-0.2, -0.15) is 0 Å². The van der Waals surface area contributed by atoms with E-state index in [1.54, 1.807) is 24.3 Å². The van der Waals surface area contributed by atoms with Crippen LogP contribution in [0.25, 0.3) is 0 Å². The maximum absolute atomic E-state index is 11.1. The topological polar surface area (TPSA) is 58.6 Å². The van der Waals surface area contributed by atoms with Crippen LogP contribution in [-0.2, 0) is 0 Å². The lowest BCUT2D eigenvalue weighted by Crippen LogP contribution is -2.39. The van der Waals surface area contributed by atoms with E-state index in [9.17, 15) is 4.79 Å². The Bertz CT molecular complexity index is 485. The Kier molecular flexibility index (Phi) is 5.23. The molecule has 4 heteroatoms. The molecule has 1 aliphatic rings. The van der Waals surface area contributed by atoms with Crippen LogP contribution < -0.4 is 10.1 Å². The summed E-state index contributed by atoms with van der Waals surface area (Å²) < 4.78 is 5.60. The molecule has 0 heterocycles. The number of nitrogens with one attached hydrogen (secondary N) is 1. The standard InChI is InChI=1S/C17H25NO3/c1-17(2)9-5-6-13(12-17)18-10-11-21-15-8-4-3-7-14(15)16(19)20/h3-4,7-8,13,18H,5-6,9-12H2,1-2H3,(H,19,20). The van der Waals surface area contributed by atoms with E-state index in [1.807, 2.05) is 0 Å². The van der Waals surface area contributed by atoms with Crippen LogP contribution in [0.1, 0.15) is 49.9 Å². The molecule has 0 aromatic heterocycles. The van der Waals surface area contributed by atoms with E-state index in [4.69, 9.17) is 9.84 Å². The van der Waals surface area contributed by atoms with Crippen molar-refractivity contribution in [3.63, 3.8) is 0 Å². The Hall–Kier alpha value is -1.55. The number of hydrogen-bond donors (Lipinski definition) is 2. The number of para-hydroxylation sites is 1. The minimum absolute atomic E-state index is 0.219. The Balaban J connectivity index is 1.76. The van der Waals surface area contributed by atoms with Gasteiger partial charge in [-0.3, -0.25) is 0 Å². The first-order valence-electron chi connectivity index (χ1n) is 7.66. The molecule has 0 spiro atoms. The van der Waals surface area contributed by atoms with E-state index in [2.05, 4.69) is 19.2 Å². The van der Waals surface area contributed by atoms with Crippen LogP contribution in [0, 0.1) is 5.41 Å². The molecule has 1 aromatic rings. The highest BCUT2D eigenvalue weighted by Crippen LogP contribution is 2.34. The van der Waals surface area contributed by atoms with Gasteiger partial charge in [0.1, 0.15) is 17.9 Å². The fraction of sp³-hybridized carbons (Fsp3) is 0.588. The number of rotatable bonds is 6. The van der Waals surface area contributed by atoms with Gasteiger partial charge in [0.05, 0.1) is 0 Å². The molecule has 0 amide bonds. The van der Waals surface area contributed by atoms with Gasteiger partial charge in [0, 0.05) is 12.6 Å². The average Bonchev–Trinajstić information content (AvgIpc) is 2.43. The summed E-state index contributed by atoms with van der Waals surface area (Å²) in [5.74, 6) is -0.511. The van der Waals surface area contributed by atoms with Gasteiger partial charge >= 0.3 is 5.97 Å². The predicted octanol–water partition coefficient (Wildman–Crippen LogP) is 3.32. The zero-order valence-corrected chi connectivity index (χ0v) is 12.9. The molecule has 21 heavy (non-hydrogen) atoms. The second kappa shape index (κ2) is 6.94. The Morgan fingerprint density at radius 2 is 2.19 bits per heavy atom. The highest BCUT2D eigenvalue weighted by molar-refractivity contribution is 5.90. The number of hydrogen-bond acceptors (Lipinski definition) is 3. The third-order valence-corrected chi connectivity index (χ3v) is 4.12. The van der Waals surface area contributed by atoms with Crippen molar-refractivity contribution in [1.82, 2.24) is 5.32 Å². The molecule has 2 rings (SSSR count). The van der Waals surface area contributed by atoms with Crippen molar-refractivity contribution in [1.29, 1.82) is 0 Å². The quantitative estimate of drug-likeness (QED) is 0.789. The van der Waals surface area contributed by atoms with Gasteiger partial charge in [-0.25, -0.2) is 4.79 Å². The van der Waals surface area contributed by atoms with Gasteiger partial charge in [0.15, 0.2) is 0 Å². The first kappa shape index (κ1) is 15.8. The number of carboxylic acids is 1. The van der Waals surface area contributed by atoms with Crippen molar-refractivity contribution in [2.24, 2.45) is 5.41 Å². The average molecular weight is 291 g/mol. The van der Waals surface area contributed by atoms with Gasteiger partial charge in [0.2, 0.25) is 0 Å². The molecule has 1 atom stereocenters. The smallest absolute Gasteiger partial charge is 0.339 e. The van der Waals surface area contributed by atoms with Crippen LogP contribution in [-0.4, -0.2) is 30.3 Å². The van der Waals surface area contributed by atoms with Crippen LogP contribution >= 0.6 is 0 Å².